The van der Waals surface area contributed by atoms with Crippen LogP contribution in [0.3, 0.4) is 0 Å². The van der Waals surface area contributed by atoms with Crippen LogP contribution in [0.25, 0.3) is 0 Å². The molecule has 0 N–H and O–H groups in total. The molecule has 106 valence electrons. The zero-order valence-electron chi connectivity index (χ0n) is 12.7. The summed E-state index contributed by atoms with van der Waals surface area (Å²) in [7, 11) is -0.131. The molecule has 0 amide bonds. The predicted molar refractivity (Wildman–Crippen MR) is 82.6 cm³/mol. The number of hydrogen-bond acceptors (Lipinski definition) is 2. The molecule has 2 aliphatic rings. The Morgan fingerprint density at radius 3 is 1.33 bits per heavy atom. The van der Waals surface area contributed by atoms with Crippen molar-refractivity contribution in [2.24, 2.45) is 0 Å². The highest BCUT2D eigenvalue weighted by Crippen LogP contribution is 2.67. The molecule has 0 aromatic rings. The Kier molecular flexibility index (Phi) is 4.45. The van der Waals surface area contributed by atoms with Gasteiger partial charge < -0.3 is 9.47 Å². The van der Waals surface area contributed by atoms with Crippen molar-refractivity contribution in [3.05, 3.63) is 0 Å². The van der Waals surface area contributed by atoms with Crippen molar-refractivity contribution < 1.29 is 9.47 Å². The summed E-state index contributed by atoms with van der Waals surface area (Å²) < 4.78 is 12.2. The number of rotatable bonds is 1. The van der Waals surface area contributed by atoms with Crippen molar-refractivity contribution >= 4 is 15.8 Å². The molecule has 2 rings (SSSR count). The van der Waals surface area contributed by atoms with Crippen LogP contribution in [0.5, 0.6) is 0 Å². The molecule has 2 nitrogen and oxygen atoms in total. The van der Waals surface area contributed by atoms with Gasteiger partial charge in [-0.25, -0.2) is 0 Å². The van der Waals surface area contributed by atoms with Crippen LogP contribution in [0.1, 0.15) is 41.5 Å². The van der Waals surface area contributed by atoms with Gasteiger partial charge in [0.25, 0.3) is 0 Å². The fourth-order valence-electron chi connectivity index (χ4n) is 2.88. The monoisotopic (exact) mass is 290 g/mol. The average Bonchev–Trinajstić information content (AvgIpc) is 2.83. The fourth-order valence-corrected chi connectivity index (χ4v) is 9.19. The van der Waals surface area contributed by atoms with Gasteiger partial charge in [-0.3, -0.25) is 0 Å². The minimum atomic E-state index is -0.0654. The molecule has 2 fully saturated rings. The molecule has 0 aromatic heterocycles. The van der Waals surface area contributed by atoms with Crippen LogP contribution in [0.15, 0.2) is 0 Å². The van der Waals surface area contributed by atoms with Crippen LogP contribution < -0.4 is 0 Å². The van der Waals surface area contributed by atoms with Gasteiger partial charge in [-0.2, -0.15) is 0 Å². The van der Waals surface area contributed by atoms with E-state index in [2.05, 4.69) is 41.5 Å². The summed E-state index contributed by atoms with van der Waals surface area (Å²) in [6, 6.07) is 0. The minimum Gasteiger partial charge on any atom is -0.370 e. The maximum atomic E-state index is 6.12. The second-order valence-corrected chi connectivity index (χ2v) is 13.7. The van der Waals surface area contributed by atoms with Gasteiger partial charge in [0.1, 0.15) is 11.7 Å². The van der Waals surface area contributed by atoms with Crippen LogP contribution >= 0.6 is 15.8 Å². The van der Waals surface area contributed by atoms with Gasteiger partial charge in [-0.1, -0.05) is 57.4 Å². The molecule has 0 radical (unpaired) electrons. The molecule has 0 aliphatic carbocycles. The third-order valence-electron chi connectivity index (χ3n) is 3.82. The van der Waals surface area contributed by atoms with Crippen molar-refractivity contribution in [1.82, 2.24) is 0 Å². The molecular formula is C14H28O2P2. The maximum Gasteiger partial charge on any atom is 0.107 e. The molecule has 0 saturated carbocycles. The molecule has 2 unspecified atom stereocenters. The first-order valence-electron chi connectivity index (χ1n) is 6.98. The van der Waals surface area contributed by atoms with Crippen LogP contribution in [0, 0.1) is 0 Å². The lowest BCUT2D eigenvalue weighted by atomic mass is 10.3. The SMILES string of the molecule is CC(C)(C)P1CCO[C@@H]1[C@H]1OCCP1C(C)(C)C. The van der Waals surface area contributed by atoms with Gasteiger partial charge in [-0.15, -0.1) is 0 Å². The van der Waals surface area contributed by atoms with Crippen LogP contribution in [0.2, 0.25) is 0 Å². The van der Waals surface area contributed by atoms with Gasteiger partial charge >= 0.3 is 0 Å². The molecule has 2 aliphatic heterocycles. The van der Waals surface area contributed by atoms with Gasteiger partial charge in [0.2, 0.25) is 0 Å². The summed E-state index contributed by atoms with van der Waals surface area (Å²) in [5.41, 5.74) is 0. The van der Waals surface area contributed by atoms with Crippen molar-refractivity contribution in [3.8, 4) is 0 Å². The van der Waals surface area contributed by atoms with Gasteiger partial charge in [0.05, 0.1) is 13.2 Å². The standard InChI is InChI=1S/C14H28O2P2/c1-13(2,3)17-9-7-15-11(17)12-16-8-10-18(12)14(4,5)6/h11-12H,7-10H2,1-6H3/t11-,12-,17?,18?/m0/s1. The largest absolute Gasteiger partial charge is 0.370 e. The van der Waals surface area contributed by atoms with Crippen molar-refractivity contribution in [3.63, 3.8) is 0 Å². The Hall–Kier alpha value is 0.780. The van der Waals surface area contributed by atoms with E-state index in [0.717, 1.165) is 13.2 Å². The summed E-state index contributed by atoms with van der Waals surface area (Å²) in [6.07, 6.45) is 2.52. The predicted octanol–water partition coefficient (Wildman–Crippen LogP) is 4.26. The second-order valence-electron chi connectivity index (χ2n) is 7.25. The second kappa shape index (κ2) is 5.28. The molecule has 0 bridgehead atoms. The van der Waals surface area contributed by atoms with E-state index in [4.69, 9.17) is 9.47 Å². The van der Waals surface area contributed by atoms with Crippen LogP contribution in [-0.4, -0.2) is 47.5 Å². The lowest BCUT2D eigenvalue weighted by molar-refractivity contribution is 0.0349. The van der Waals surface area contributed by atoms with E-state index in [9.17, 15) is 0 Å². The quantitative estimate of drug-likeness (QED) is 0.672. The van der Waals surface area contributed by atoms with E-state index in [1.165, 1.54) is 12.3 Å². The lowest BCUT2D eigenvalue weighted by Gasteiger charge is -2.39. The van der Waals surface area contributed by atoms with Crippen molar-refractivity contribution in [2.75, 3.05) is 25.5 Å². The maximum absolute atomic E-state index is 6.12. The Morgan fingerprint density at radius 1 is 0.722 bits per heavy atom. The first-order chi connectivity index (χ1) is 8.21. The van der Waals surface area contributed by atoms with Gasteiger partial charge in [0.15, 0.2) is 0 Å². The summed E-state index contributed by atoms with van der Waals surface area (Å²) in [5, 5.41) is 0.780. The molecule has 4 atom stereocenters. The van der Waals surface area contributed by atoms with E-state index in [1.807, 2.05) is 0 Å². The Bertz CT molecular complexity index is 263. The van der Waals surface area contributed by atoms with Gasteiger partial charge in [0, 0.05) is 0 Å². The number of ether oxygens (including phenoxy) is 2. The van der Waals surface area contributed by atoms with Crippen LogP contribution in [0.4, 0.5) is 0 Å². The highest BCUT2D eigenvalue weighted by Gasteiger charge is 2.48. The minimum absolute atomic E-state index is 0.0654. The Morgan fingerprint density at radius 2 is 1.06 bits per heavy atom. The van der Waals surface area contributed by atoms with Crippen LogP contribution in [-0.2, 0) is 9.47 Å². The molecule has 0 aromatic carbocycles. The summed E-state index contributed by atoms with van der Waals surface area (Å²) in [6.45, 7) is 16.1. The Balaban J connectivity index is 2.15. The molecule has 2 heterocycles. The number of hydrogen-bond donors (Lipinski definition) is 0. The topological polar surface area (TPSA) is 18.5 Å². The van der Waals surface area contributed by atoms with E-state index in [-0.39, 0.29) is 15.8 Å². The smallest absolute Gasteiger partial charge is 0.107 e. The van der Waals surface area contributed by atoms with E-state index < -0.39 is 0 Å². The van der Waals surface area contributed by atoms with E-state index in [0.29, 0.717) is 22.0 Å². The van der Waals surface area contributed by atoms with E-state index >= 15 is 0 Å². The molecule has 0 spiro atoms. The molecule has 2 saturated heterocycles. The lowest BCUT2D eigenvalue weighted by Crippen LogP contribution is -2.31. The zero-order valence-corrected chi connectivity index (χ0v) is 14.5. The molecule has 18 heavy (non-hydrogen) atoms. The highest BCUT2D eigenvalue weighted by atomic mass is 31.1. The zero-order chi connectivity index (χ0) is 13.6. The van der Waals surface area contributed by atoms with Crippen molar-refractivity contribution in [2.45, 2.75) is 63.5 Å². The Labute approximate surface area is 115 Å². The first-order valence-corrected chi connectivity index (χ1v) is 10.2. The third kappa shape index (κ3) is 3.09. The fraction of sp³-hybridized carbons (Fsp3) is 1.00. The third-order valence-corrected chi connectivity index (χ3v) is 10.9. The molecule has 4 heteroatoms. The normalized spacial score (nSPS) is 38.3. The van der Waals surface area contributed by atoms with E-state index in [1.54, 1.807) is 0 Å². The molecular weight excluding hydrogens is 262 g/mol. The van der Waals surface area contributed by atoms with Gasteiger partial charge in [-0.05, 0) is 22.6 Å². The summed E-state index contributed by atoms with van der Waals surface area (Å²) in [4.78, 5) is 0. The first kappa shape index (κ1) is 15.2. The van der Waals surface area contributed by atoms with Crippen molar-refractivity contribution in [1.29, 1.82) is 0 Å². The summed E-state index contributed by atoms with van der Waals surface area (Å²) in [5.74, 6) is 0.792. The average molecular weight is 290 g/mol. The summed E-state index contributed by atoms with van der Waals surface area (Å²) >= 11 is 0. The highest BCUT2D eigenvalue weighted by molar-refractivity contribution is 7.64.